The highest BCUT2D eigenvalue weighted by atomic mass is 35.5. The van der Waals surface area contributed by atoms with Gasteiger partial charge in [-0.3, -0.25) is 0 Å². The zero-order valence-corrected chi connectivity index (χ0v) is 10.7. The minimum atomic E-state index is -1.32. The maximum Gasteiger partial charge on any atom is 0.204 e. The number of hydrogen-bond donors (Lipinski definition) is 0. The molecule has 0 saturated carbocycles. The van der Waals surface area contributed by atoms with Gasteiger partial charge in [0.25, 0.3) is 0 Å². The Bertz CT molecular complexity index is 186. The van der Waals surface area contributed by atoms with Gasteiger partial charge in [0, 0.05) is 11.8 Å². The molecule has 0 aromatic carbocycles. The number of nitrogens with zero attached hydrogens (tertiary/aromatic N) is 1. The number of alkyl halides is 3. The van der Waals surface area contributed by atoms with Crippen molar-refractivity contribution in [3.63, 3.8) is 0 Å². The van der Waals surface area contributed by atoms with Crippen LogP contribution in [0, 0.1) is 11.3 Å². The molecule has 0 aromatic heterocycles. The average Bonchev–Trinajstić information content (AvgIpc) is 2.12. The second kappa shape index (κ2) is 7.63. The zero-order chi connectivity index (χ0) is 11.0. The topological polar surface area (TPSA) is 23.8 Å². The van der Waals surface area contributed by atoms with Gasteiger partial charge < -0.3 is 0 Å². The minimum absolute atomic E-state index is 0.0958. The summed E-state index contributed by atoms with van der Waals surface area (Å²) in [7, 11) is 0. The lowest BCUT2D eigenvalue weighted by Crippen LogP contribution is -2.16. The molecule has 0 N–H and O–H groups in total. The highest BCUT2D eigenvalue weighted by molar-refractivity contribution is 6.50. The van der Waals surface area contributed by atoms with Crippen LogP contribution < -0.4 is 0 Å². The van der Waals surface area contributed by atoms with Crippen LogP contribution in [0.2, 0.25) is 0 Å². The van der Waals surface area contributed by atoms with E-state index < -0.39 is 4.33 Å². The van der Waals surface area contributed by atoms with E-state index in [9.17, 15) is 0 Å². The summed E-state index contributed by atoms with van der Waals surface area (Å²) in [6.07, 6.45) is 5.92. The first-order chi connectivity index (χ1) is 6.52. The number of halogens is 3. The lowest BCUT2D eigenvalue weighted by atomic mass is 10.1. The Morgan fingerprint density at radius 2 is 1.93 bits per heavy atom. The number of hydrogen-bond acceptors (Lipinski definition) is 1. The van der Waals surface area contributed by atoms with E-state index in [0.717, 1.165) is 12.8 Å². The van der Waals surface area contributed by atoms with Gasteiger partial charge in [-0.25, -0.2) is 0 Å². The molecule has 0 aliphatic heterocycles. The summed E-state index contributed by atoms with van der Waals surface area (Å²) in [4.78, 5) is 0. The van der Waals surface area contributed by atoms with Gasteiger partial charge in [-0.05, 0) is 6.42 Å². The standard InChI is InChI=1S/C10H16Cl3N/c1-2-3-4-5-6-9(11)7-10(12,13)8-14/h9H,2-7H2,1H3. The molecule has 82 valence electrons. The van der Waals surface area contributed by atoms with Gasteiger partial charge in [0.15, 0.2) is 0 Å². The Morgan fingerprint density at radius 1 is 1.29 bits per heavy atom. The largest absolute Gasteiger partial charge is 0.204 e. The number of nitriles is 1. The molecule has 1 atom stereocenters. The molecular weight excluding hydrogens is 240 g/mol. The fourth-order valence-electron chi connectivity index (χ4n) is 1.22. The summed E-state index contributed by atoms with van der Waals surface area (Å²) < 4.78 is -1.32. The SMILES string of the molecule is CCCCCCC(Cl)CC(Cl)(Cl)C#N. The van der Waals surface area contributed by atoms with Crippen molar-refractivity contribution < 1.29 is 0 Å². The molecule has 0 aliphatic rings. The van der Waals surface area contributed by atoms with E-state index in [1.807, 2.05) is 6.07 Å². The third kappa shape index (κ3) is 7.74. The predicted molar refractivity (Wildman–Crippen MR) is 63.1 cm³/mol. The highest BCUT2D eigenvalue weighted by Crippen LogP contribution is 2.29. The average molecular weight is 257 g/mol. The molecule has 0 bridgehead atoms. The molecule has 0 spiro atoms. The Kier molecular flexibility index (Phi) is 7.82. The number of unbranched alkanes of at least 4 members (excludes halogenated alkanes) is 3. The zero-order valence-electron chi connectivity index (χ0n) is 8.40. The van der Waals surface area contributed by atoms with Crippen LogP contribution in [-0.4, -0.2) is 9.71 Å². The van der Waals surface area contributed by atoms with Crippen molar-refractivity contribution >= 4 is 34.8 Å². The van der Waals surface area contributed by atoms with E-state index in [-0.39, 0.29) is 5.38 Å². The van der Waals surface area contributed by atoms with E-state index in [4.69, 9.17) is 40.1 Å². The first-order valence-electron chi connectivity index (χ1n) is 4.95. The molecule has 0 fully saturated rings. The third-order valence-electron chi connectivity index (χ3n) is 2.01. The predicted octanol–water partition coefficient (Wildman–Crippen LogP) is 4.65. The van der Waals surface area contributed by atoms with E-state index in [1.54, 1.807) is 0 Å². The lowest BCUT2D eigenvalue weighted by molar-refractivity contribution is 0.592. The van der Waals surface area contributed by atoms with Crippen molar-refractivity contribution in [3.05, 3.63) is 0 Å². The van der Waals surface area contributed by atoms with E-state index in [0.29, 0.717) is 6.42 Å². The molecule has 0 amide bonds. The molecule has 0 radical (unpaired) electrons. The Morgan fingerprint density at radius 3 is 2.43 bits per heavy atom. The van der Waals surface area contributed by atoms with Crippen molar-refractivity contribution in [1.29, 1.82) is 5.26 Å². The summed E-state index contributed by atoms with van der Waals surface area (Å²) in [5.74, 6) is 0. The Balaban J connectivity index is 3.56. The van der Waals surface area contributed by atoms with Crippen LogP contribution in [0.1, 0.15) is 45.4 Å². The van der Waals surface area contributed by atoms with Crippen LogP contribution in [0.15, 0.2) is 0 Å². The van der Waals surface area contributed by atoms with Crippen LogP contribution in [0.25, 0.3) is 0 Å². The summed E-state index contributed by atoms with van der Waals surface area (Å²) >= 11 is 17.4. The van der Waals surface area contributed by atoms with Crippen molar-refractivity contribution in [2.45, 2.75) is 55.2 Å². The van der Waals surface area contributed by atoms with Crippen molar-refractivity contribution in [3.8, 4) is 6.07 Å². The first kappa shape index (κ1) is 14.4. The van der Waals surface area contributed by atoms with Crippen LogP contribution >= 0.6 is 34.8 Å². The molecular formula is C10H16Cl3N. The van der Waals surface area contributed by atoms with Gasteiger partial charge in [0.2, 0.25) is 4.33 Å². The minimum Gasteiger partial charge on any atom is -0.195 e. The maximum atomic E-state index is 8.58. The monoisotopic (exact) mass is 255 g/mol. The van der Waals surface area contributed by atoms with E-state index >= 15 is 0 Å². The molecule has 0 saturated heterocycles. The van der Waals surface area contributed by atoms with Gasteiger partial charge in [0.05, 0.1) is 0 Å². The fraction of sp³-hybridized carbons (Fsp3) is 0.900. The van der Waals surface area contributed by atoms with Crippen molar-refractivity contribution in [1.82, 2.24) is 0 Å². The summed E-state index contributed by atoms with van der Waals surface area (Å²) in [5, 5.41) is 8.48. The van der Waals surface area contributed by atoms with Gasteiger partial charge in [-0.1, -0.05) is 55.8 Å². The quantitative estimate of drug-likeness (QED) is 0.480. The van der Waals surface area contributed by atoms with Crippen LogP contribution in [0.4, 0.5) is 0 Å². The fourth-order valence-corrected chi connectivity index (χ4v) is 2.13. The van der Waals surface area contributed by atoms with Crippen LogP contribution in [0.3, 0.4) is 0 Å². The van der Waals surface area contributed by atoms with Crippen molar-refractivity contribution in [2.24, 2.45) is 0 Å². The van der Waals surface area contributed by atoms with Gasteiger partial charge in [-0.2, -0.15) is 5.26 Å². The van der Waals surface area contributed by atoms with Gasteiger partial charge >= 0.3 is 0 Å². The third-order valence-corrected chi connectivity index (χ3v) is 2.86. The van der Waals surface area contributed by atoms with Crippen LogP contribution in [0.5, 0.6) is 0 Å². The van der Waals surface area contributed by atoms with Gasteiger partial charge in [0.1, 0.15) is 6.07 Å². The summed E-state index contributed by atoms with van der Waals surface area (Å²) in [5.41, 5.74) is 0. The number of rotatable bonds is 7. The highest BCUT2D eigenvalue weighted by Gasteiger charge is 2.26. The molecule has 1 unspecified atom stereocenters. The van der Waals surface area contributed by atoms with Gasteiger partial charge in [-0.15, -0.1) is 11.6 Å². The lowest BCUT2D eigenvalue weighted by Gasteiger charge is -2.14. The Hall–Kier alpha value is 0.360. The first-order valence-corrected chi connectivity index (χ1v) is 6.14. The molecule has 0 heterocycles. The molecule has 1 nitrogen and oxygen atoms in total. The van der Waals surface area contributed by atoms with E-state index in [2.05, 4.69) is 6.92 Å². The van der Waals surface area contributed by atoms with E-state index in [1.165, 1.54) is 19.3 Å². The molecule has 4 heteroatoms. The second-order valence-electron chi connectivity index (χ2n) is 3.47. The molecule has 0 aromatic rings. The van der Waals surface area contributed by atoms with Crippen LogP contribution in [-0.2, 0) is 0 Å². The molecule has 0 rings (SSSR count). The smallest absolute Gasteiger partial charge is 0.195 e. The second-order valence-corrected chi connectivity index (χ2v) is 5.57. The molecule has 0 aliphatic carbocycles. The molecule has 14 heavy (non-hydrogen) atoms. The normalized spacial score (nSPS) is 13.6. The Labute approximate surface area is 101 Å². The van der Waals surface area contributed by atoms with Crippen molar-refractivity contribution in [2.75, 3.05) is 0 Å². The summed E-state index contributed by atoms with van der Waals surface area (Å²) in [6, 6.07) is 1.82. The maximum absolute atomic E-state index is 8.58. The summed E-state index contributed by atoms with van der Waals surface area (Å²) in [6.45, 7) is 2.16.